The smallest absolute Gasteiger partial charge is 0.164 e. The van der Waals surface area contributed by atoms with Gasteiger partial charge in [-0.3, -0.25) is 9.47 Å². The Morgan fingerprint density at radius 2 is 2.15 bits per heavy atom. The molecule has 2 rings (SSSR count). The molecule has 1 aromatic rings. The molecule has 0 saturated carbocycles. The molecule has 1 aliphatic rings. The van der Waals surface area contributed by atoms with Crippen molar-refractivity contribution in [2.24, 2.45) is 0 Å². The van der Waals surface area contributed by atoms with Gasteiger partial charge in [0.1, 0.15) is 0 Å². The standard InChI is InChI=1S/C10H14N2O/c1-11(2)12-7-6-8-9(12)4-3-5-10(8)13/h6-7H,3-5H2,1-2H3. The number of Topliss-reactive ketones (excluding diaryl/α,β-unsaturated/α-hetero) is 1. The van der Waals surface area contributed by atoms with Crippen molar-refractivity contribution in [3.8, 4) is 0 Å². The molecular formula is C10H14N2O. The fourth-order valence-electron chi connectivity index (χ4n) is 1.88. The van der Waals surface area contributed by atoms with E-state index in [0.717, 1.165) is 18.4 Å². The number of carbonyl (C=O) groups excluding carboxylic acids is 1. The van der Waals surface area contributed by atoms with Crippen molar-refractivity contribution >= 4 is 5.78 Å². The molecule has 0 radical (unpaired) electrons. The predicted octanol–water partition coefficient (Wildman–Crippen LogP) is 1.20. The van der Waals surface area contributed by atoms with E-state index in [4.69, 9.17) is 0 Å². The maximum atomic E-state index is 11.5. The zero-order valence-electron chi connectivity index (χ0n) is 8.08. The SMILES string of the molecule is CN(C)n1ccc2c1CCCC2=O. The highest BCUT2D eigenvalue weighted by Gasteiger charge is 2.20. The fourth-order valence-corrected chi connectivity index (χ4v) is 1.88. The van der Waals surface area contributed by atoms with Crippen molar-refractivity contribution in [1.29, 1.82) is 0 Å². The Bertz CT molecular complexity index is 339. The average Bonchev–Trinajstić information content (AvgIpc) is 2.48. The minimum Gasteiger partial charge on any atom is -0.319 e. The highest BCUT2D eigenvalue weighted by molar-refractivity contribution is 5.98. The van der Waals surface area contributed by atoms with E-state index in [1.54, 1.807) is 0 Å². The molecule has 1 aliphatic carbocycles. The average molecular weight is 178 g/mol. The van der Waals surface area contributed by atoms with Crippen LogP contribution >= 0.6 is 0 Å². The Labute approximate surface area is 77.9 Å². The summed E-state index contributed by atoms with van der Waals surface area (Å²) in [5.41, 5.74) is 2.08. The monoisotopic (exact) mass is 178 g/mol. The molecule has 0 unspecified atom stereocenters. The van der Waals surface area contributed by atoms with Crippen LogP contribution in [0.1, 0.15) is 28.9 Å². The van der Waals surface area contributed by atoms with Crippen molar-refractivity contribution < 1.29 is 4.79 Å². The van der Waals surface area contributed by atoms with E-state index in [9.17, 15) is 4.79 Å². The van der Waals surface area contributed by atoms with Crippen LogP contribution in [0.3, 0.4) is 0 Å². The van der Waals surface area contributed by atoms with Crippen LogP contribution in [0.2, 0.25) is 0 Å². The zero-order chi connectivity index (χ0) is 9.42. The highest BCUT2D eigenvalue weighted by atomic mass is 16.1. The van der Waals surface area contributed by atoms with E-state index in [0.29, 0.717) is 12.2 Å². The van der Waals surface area contributed by atoms with Gasteiger partial charge in [-0.15, -0.1) is 0 Å². The van der Waals surface area contributed by atoms with E-state index < -0.39 is 0 Å². The van der Waals surface area contributed by atoms with Crippen molar-refractivity contribution in [2.45, 2.75) is 19.3 Å². The lowest BCUT2D eigenvalue weighted by molar-refractivity contribution is 0.0972. The molecule has 0 atom stereocenters. The maximum absolute atomic E-state index is 11.5. The number of rotatable bonds is 1. The number of carbonyl (C=O) groups is 1. The van der Waals surface area contributed by atoms with Gasteiger partial charge in [-0.25, -0.2) is 0 Å². The van der Waals surface area contributed by atoms with E-state index in [-0.39, 0.29) is 0 Å². The molecule has 1 heterocycles. The number of aromatic nitrogens is 1. The molecule has 0 aliphatic heterocycles. The van der Waals surface area contributed by atoms with E-state index >= 15 is 0 Å². The van der Waals surface area contributed by atoms with Crippen LogP contribution < -0.4 is 5.01 Å². The van der Waals surface area contributed by atoms with Crippen molar-refractivity contribution in [1.82, 2.24) is 4.68 Å². The van der Waals surface area contributed by atoms with Crippen LogP contribution in [-0.4, -0.2) is 24.6 Å². The molecule has 0 amide bonds. The topological polar surface area (TPSA) is 25.2 Å². The van der Waals surface area contributed by atoms with Gasteiger partial charge < -0.3 is 5.01 Å². The van der Waals surface area contributed by atoms with Crippen LogP contribution in [0.4, 0.5) is 0 Å². The summed E-state index contributed by atoms with van der Waals surface area (Å²) in [6, 6.07) is 1.93. The normalized spacial score (nSPS) is 15.7. The van der Waals surface area contributed by atoms with Crippen molar-refractivity contribution in [3.63, 3.8) is 0 Å². The lowest BCUT2D eigenvalue weighted by atomic mass is 9.97. The minimum atomic E-state index is 0.293. The number of hydrogen-bond acceptors (Lipinski definition) is 2. The van der Waals surface area contributed by atoms with Crippen LogP contribution in [0, 0.1) is 0 Å². The van der Waals surface area contributed by atoms with Crippen LogP contribution in [-0.2, 0) is 6.42 Å². The first-order valence-electron chi connectivity index (χ1n) is 4.61. The molecule has 3 nitrogen and oxygen atoms in total. The number of fused-ring (bicyclic) bond motifs is 1. The fraction of sp³-hybridized carbons (Fsp3) is 0.500. The van der Waals surface area contributed by atoms with E-state index in [1.165, 1.54) is 5.69 Å². The van der Waals surface area contributed by atoms with Gasteiger partial charge >= 0.3 is 0 Å². The second-order valence-corrected chi connectivity index (χ2v) is 3.64. The second kappa shape index (κ2) is 2.91. The predicted molar refractivity (Wildman–Crippen MR) is 51.8 cm³/mol. The van der Waals surface area contributed by atoms with Gasteiger partial charge in [0.15, 0.2) is 5.78 Å². The second-order valence-electron chi connectivity index (χ2n) is 3.64. The molecule has 0 saturated heterocycles. The summed E-state index contributed by atoms with van der Waals surface area (Å²) in [6.45, 7) is 0. The Kier molecular flexibility index (Phi) is 1.87. The van der Waals surface area contributed by atoms with E-state index in [2.05, 4.69) is 0 Å². The molecule has 3 heteroatoms. The van der Waals surface area contributed by atoms with Gasteiger partial charge in [0, 0.05) is 32.3 Å². The first-order valence-corrected chi connectivity index (χ1v) is 4.61. The van der Waals surface area contributed by atoms with Gasteiger partial charge in [0.05, 0.1) is 5.69 Å². The molecule has 70 valence electrons. The third-order valence-electron chi connectivity index (χ3n) is 2.52. The summed E-state index contributed by atoms with van der Waals surface area (Å²) in [7, 11) is 3.97. The highest BCUT2D eigenvalue weighted by Crippen LogP contribution is 2.21. The first-order chi connectivity index (χ1) is 6.20. The Hall–Kier alpha value is -1.25. The number of ketones is 1. The van der Waals surface area contributed by atoms with Gasteiger partial charge in [0.25, 0.3) is 0 Å². The molecular weight excluding hydrogens is 164 g/mol. The summed E-state index contributed by atoms with van der Waals surface area (Å²) in [5.74, 6) is 0.293. The van der Waals surface area contributed by atoms with Crippen molar-refractivity contribution in [3.05, 3.63) is 23.5 Å². The molecule has 0 N–H and O–H groups in total. The Morgan fingerprint density at radius 1 is 1.38 bits per heavy atom. The molecule has 0 spiro atoms. The van der Waals surface area contributed by atoms with Gasteiger partial charge in [0.2, 0.25) is 0 Å². The minimum absolute atomic E-state index is 0.293. The van der Waals surface area contributed by atoms with Gasteiger partial charge in [-0.2, -0.15) is 0 Å². The quantitative estimate of drug-likeness (QED) is 0.645. The zero-order valence-corrected chi connectivity index (χ0v) is 8.08. The summed E-state index contributed by atoms with van der Waals surface area (Å²) in [4.78, 5) is 11.5. The lowest BCUT2D eigenvalue weighted by Crippen LogP contribution is -2.27. The molecule has 0 fully saturated rings. The number of hydrogen-bond donors (Lipinski definition) is 0. The van der Waals surface area contributed by atoms with Crippen molar-refractivity contribution in [2.75, 3.05) is 19.1 Å². The largest absolute Gasteiger partial charge is 0.319 e. The summed E-state index contributed by atoms with van der Waals surface area (Å²) < 4.78 is 2.05. The Balaban J connectivity index is 2.47. The van der Waals surface area contributed by atoms with E-state index in [1.807, 2.05) is 36.0 Å². The van der Waals surface area contributed by atoms with Crippen LogP contribution in [0.5, 0.6) is 0 Å². The lowest BCUT2D eigenvalue weighted by Gasteiger charge is -2.20. The third kappa shape index (κ3) is 1.24. The molecule has 0 aromatic carbocycles. The molecule has 13 heavy (non-hydrogen) atoms. The summed E-state index contributed by atoms with van der Waals surface area (Å²) >= 11 is 0. The Morgan fingerprint density at radius 3 is 2.85 bits per heavy atom. The van der Waals surface area contributed by atoms with Gasteiger partial charge in [-0.1, -0.05) is 0 Å². The summed E-state index contributed by atoms with van der Waals surface area (Å²) in [5, 5.41) is 2.00. The van der Waals surface area contributed by atoms with Crippen LogP contribution in [0.15, 0.2) is 12.3 Å². The molecule has 0 bridgehead atoms. The van der Waals surface area contributed by atoms with Crippen LogP contribution in [0.25, 0.3) is 0 Å². The number of nitrogens with zero attached hydrogens (tertiary/aromatic N) is 2. The molecule has 1 aromatic heterocycles. The van der Waals surface area contributed by atoms with Gasteiger partial charge in [-0.05, 0) is 18.9 Å². The summed E-state index contributed by atoms with van der Waals surface area (Å²) in [6.07, 6.45) is 4.69. The first kappa shape index (κ1) is 8.35. The maximum Gasteiger partial charge on any atom is 0.164 e. The third-order valence-corrected chi connectivity index (χ3v) is 2.52.